The third-order valence-electron chi connectivity index (χ3n) is 2.13. The van der Waals surface area contributed by atoms with Crippen LogP contribution in [0, 0.1) is 5.92 Å². The molecule has 0 aromatic heterocycles. The van der Waals surface area contributed by atoms with Crippen LogP contribution in [0.5, 0.6) is 0 Å². The number of rotatable bonds is 8. The van der Waals surface area contributed by atoms with E-state index in [0.717, 1.165) is 6.42 Å². The summed E-state index contributed by atoms with van der Waals surface area (Å²) in [5.74, 6) is -0.643. The maximum absolute atomic E-state index is 11.2. The van der Waals surface area contributed by atoms with Gasteiger partial charge < -0.3 is 21.5 Å². The van der Waals surface area contributed by atoms with Gasteiger partial charge in [0.25, 0.3) is 0 Å². The molecule has 0 saturated heterocycles. The lowest BCUT2D eigenvalue weighted by Gasteiger charge is -2.12. The van der Waals surface area contributed by atoms with Crippen LogP contribution in [-0.4, -0.2) is 36.7 Å². The Morgan fingerprint density at radius 2 is 2.06 bits per heavy atom. The number of hydrogen-bond acceptors (Lipinski definition) is 3. The summed E-state index contributed by atoms with van der Waals surface area (Å²) in [6.07, 6.45) is 1.46. The van der Waals surface area contributed by atoms with Crippen molar-refractivity contribution in [2.24, 2.45) is 11.7 Å². The second-order valence-electron chi connectivity index (χ2n) is 3.82. The highest BCUT2D eigenvalue weighted by Crippen LogP contribution is 2.03. The van der Waals surface area contributed by atoms with Crippen LogP contribution in [0.25, 0.3) is 0 Å². The first-order valence-corrected chi connectivity index (χ1v) is 5.49. The van der Waals surface area contributed by atoms with E-state index in [1.54, 1.807) is 0 Å². The molecule has 0 aliphatic carbocycles. The number of carboxylic acids is 1. The predicted octanol–water partition coefficient (Wildman–Crippen LogP) is 0.135. The molecule has 6 nitrogen and oxygen atoms in total. The lowest BCUT2D eigenvalue weighted by molar-refractivity contribution is -0.137. The van der Waals surface area contributed by atoms with E-state index in [1.165, 1.54) is 0 Å². The lowest BCUT2D eigenvalue weighted by atomic mass is 10.1. The van der Waals surface area contributed by atoms with Gasteiger partial charge in [-0.05, 0) is 25.3 Å². The van der Waals surface area contributed by atoms with Crippen LogP contribution < -0.4 is 16.4 Å². The molecule has 1 unspecified atom stereocenters. The normalized spacial score (nSPS) is 11.9. The molecule has 6 heteroatoms. The van der Waals surface area contributed by atoms with Gasteiger partial charge in [-0.2, -0.15) is 0 Å². The predicted molar refractivity (Wildman–Crippen MR) is 61.1 cm³/mol. The molecule has 0 bridgehead atoms. The molecule has 0 saturated carbocycles. The van der Waals surface area contributed by atoms with Crippen LogP contribution in [0.2, 0.25) is 0 Å². The van der Waals surface area contributed by atoms with Gasteiger partial charge in [-0.3, -0.25) is 4.79 Å². The van der Waals surface area contributed by atoms with Gasteiger partial charge in [0.05, 0.1) is 0 Å². The summed E-state index contributed by atoms with van der Waals surface area (Å²) in [5.41, 5.74) is 5.28. The third kappa shape index (κ3) is 9.26. The molecule has 0 heterocycles. The Labute approximate surface area is 95.6 Å². The van der Waals surface area contributed by atoms with E-state index in [2.05, 4.69) is 10.6 Å². The minimum absolute atomic E-state index is 0.137. The topological polar surface area (TPSA) is 104 Å². The minimum Gasteiger partial charge on any atom is -0.481 e. The highest BCUT2D eigenvalue weighted by Gasteiger charge is 2.07. The Kier molecular flexibility index (Phi) is 8.24. The highest BCUT2D eigenvalue weighted by molar-refractivity contribution is 5.73. The smallest absolute Gasteiger partial charge is 0.314 e. The number of hydrogen-bond donors (Lipinski definition) is 4. The van der Waals surface area contributed by atoms with Gasteiger partial charge in [-0.15, -0.1) is 0 Å². The number of nitrogens with two attached hydrogens (primary N) is 1. The molecule has 2 amide bonds. The first-order chi connectivity index (χ1) is 7.56. The molecule has 16 heavy (non-hydrogen) atoms. The van der Waals surface area contributed by atoms with Gasteiger partial charge in [0.1, 0.15) is 0 Å². The van der Waals surface area contributed by atoms with Crippen molar-refractivity contribution in [1.82, 2.24) is 10.6 Å². The van der Waals surface area contributed by atoms with Crippen LogP contribution in [-0.2, 0) is 4.79 Å². The van der Waals surface area contributed by atoms with Gasteiger partial charge in [-0.25, -0.2) is 4.79 Å². The Morgan fingerprint density at radius 1 is 1.38 bits per heavy atom. The molecule has 0 aromatic rings. The van der Waals surface area contributed by atoms with E-state index >= 15 is 0 Å². The first kappa shape index (κ1) is 14.7. The molecule has 94 valence electrons. The Bertz CT molecular complexity index is 221. The maximum atomic E-state index is 11.2. The van der Waals surface area contributed by atoms with Crippen molar-refractivity contribution in [2.75, 3.05) is 19.6 Å². The summed E-state index contributed by atoms with van der Waals surface area (Å²) in [5, 5.41) is 13.8. The molecule has 5 N–H and O–H groups in total. The van der Waals surface area contributed by atoms with E-state index in [0.29, 0.717) is 26.1 Å². The summed E-state index contributed by atoms with van der Waals surface area (Å²) in [4.78, 5) is 21.5. The molecule has 0 spiro atoms. The fourth-order valence-electron chi connectivity index (χ4n) is 1.11. The van der Waals surface area contributed by atoms with Crippen molar-refractivity contribution in [3.63, 3.8) is 0 Å². The van der Waals surface area contributed by atoms with Crippen LogP contribution in [0.1, 0.15) is 26.2 Å². The van der Waals surface area contributed by atoms with E-state index in [1.807, 2.05) is 6.92 Å². The van der Waals surface area contributed by atoms with Crippen LogP contribution in [0.4, 0.5) is 4.79 Å². The van der Waals surface area contributed by atoms with E-state index in [-0.39, 0.29) is 18.4 Å². The molecule has 0 aliphatic heterocycles. The van der Waals surface area contributed by atoms with Crippen molar-refractivity contribution < 1.29 is 14.7 Å². The molecule has 0 rings (SSSR count). The largest absolute Gasteiger partial charge is 0.481 e. The fourth-order valence-corrected chi connectivity index (χ4v) is 1.11. The zero-order chi connectivity index (χ0) is 12.4. The van der Waals surface area contributed by atoms with Crippen LogP contribution in [0.15, 0.2) is 0 Å². The van der Waals surface area contributed by atoms with Crippen molar-refractivity contribution in [3.8, 4) is 0 Å². The average molecular weight is 231 g/mol. The van der Waals surface area contributed by atoms with Crippen LogP contribution in [0.3, 0.4) is 0 Å². The standard InChI is InChI=1S/C10H21N3O3/c1-8(3-4-9(14)15)7-13-10(16)12-6-2-5-11/h8H,2-7,11H2,1H3,(H,14,15)(H2,12,13,16). The van der Waals surface area contributed by atoms with Gasteiger partial charge in [0, 0.05) is 19.5 Å². The second-order valence-corrected chi connectivity index (χ2v) is 3.82. The summed E-state index contributed by atoms with van der Waals surface area (Å²) >= 11 is 0. The number of urea groups is 1. The summed E-state index contributed by atoms with van der Waals surface area (Å²) in [6, 6.07) is -0.226. The average Bonchev–Trinajstić information content (AvgIpc) is 2.24. The number of nitrogens with one attached hydrogen (secondary N) is 2. The molecular weight excluding hydrogens is 210 g/mol. The summed E-state index contributed by atoms with van der Waals surface area (Å²) < 4.78 is 0. The highest BCUT2D eigenvalue weighted by atomic mass is 16.4. The Morgan fingerprint density at radius 3 is 2.62 bits per heavy atom. The van der Waals surface area contributed by atoms with Crippen molar-refractivity contribution in [2.45, 2.75) is 26.2 Å². The molecule has 0 aliphatic rings. The van der Waals surface area contributed by atoms with Gasteiger partial charge in [0.2, 0.25) is 0 Å². The monoisotopic (exact) mass is 231 g/mol. The van der Waals surface area contributed by atoms with Crippen molar-refractivity contribution >= 4 is 12.0 Å². The fraction of sp³-hybridized carbons (Fsp3) is 0.800. The van der Waals surface area contributed by atoms with Crippen molar-refractivity contribution in [3.05, 3.63) is 0 Å². The lowest BCUT2D eigenvalue weighted by Crippen LogP contribution is -2.38. The number of amides is 2. The number of aliphatic carboxylic acids is 1. The zero-order valence-corrected chi connectivity index (χ0v) is 9.66. The SMILES string of the molecule is CC(CCC(=O)O)CNC(=O)NCCCN. The van der Waals surface area contributed by atoms with Gasteiger partial charge in [-0.1, -0.05) is 6.92 Å². The van der Waals surface area contributed by atoms with E-state index < -0.39 is 5.97 Å². The molecule has 0 aromatic carbocycles. The van der Waals surface area contributed by atoms with Crippen molar-refractivity contribution in [1.29, 1.82) is 0 Å². The number of carbonyl (C=O) groups excluding carboxylic acids is 1. The Balaban J connectivity index is 3.47. The van der Waals surface area contributed by atoms with Gasteiger partial charge in [0.15, 0.2) is 0 Å². The van der Waals surface area contributed by atoms with E-state index in [9.17, 15) is 9.59 Å². The summed E-state index contributed by atoms with van der Waals surface area (Å²) in [7, 11) is 0. The molecule has 0 fully saturated rings. The van der Waals surface area contributed by atoms with Crippen LogP contribution >= 0.6 is 0 Å². The quantitative estimate of drug-likeness (QED) is 0.446. The number of carboxylic acid groups (broad SMARTS) is 1. The first-order valence-electron chi connectivity index (χ1n) is 5.49. The summed E-state index contributed by atoms with van der Waals surface area (Å²) in [6.45, 7) is 3.51. The maximum Gasteiger partial charge on any atom is 0.314 e. The van der Waals surface area contributed by atoms with Gasteiger partial charge >= 0.3 is 12.0 Å². The zero-order valence-electron chi connectivity index (χ0n) is 9.66. The molecule has 0 radical (unpaired) electrons. The minimum atomic E-state index is -0.806. The number of carbonyl (C=O) groups is 2. The molecular formula is C10H21N3O3. The molecule has 1 atom stereocenters. The third-order valence-corrected chi connectivity index (χ3v) is 2.13. The van der Waals surface area contributed by atoms with E-state index in [4.69, 9.17) is 10.8 Å². The Hall–Kier alpha value is -1.30. The second kappa shape index (κ2) is 8.96.